The Balaban J connectivity index is 2.32. The molecule has 0 atom stereocenters. The van der Waals surface area contributed by atoms with Crippen molar-refractivity contribution in [1.29, 1.82) is 0 Å². The zero-order valence-corrected chi connectivity index (χ0v) is 9.19. The fourth-order valence-corrected chi connectivity index (χ4v) is 1.74. The van der Waals surface area contributed by atoms with E-state index in [0.29, 0.717) is 0 Å². The number of aryl methyl sites for hydroxylation is 1. The highest BCUT2D eigenvalue weighted by atomic mass is 32.1. The predicted molar refractivity (Wildman–Crippen MR) is 61.5 cm³/mol. The first-order valence-corrected chi connectivity index (χ1v) is 5.56. The highest BCUT2D eigenvalue weighted by Gasteiger charge is 1.96. The Bertz CT molecular complexity index is 243. The summed E-state index contributed by atoms with van der Waals surface area (Å²) in [6.45, 7) is 2.24. The van der Waals surface area contributed by atoms with Crippen LogP contribution >= 0.6 is 12.6 Å². The molecule has 0 aromatic heterocycles. The van der Waals surface area contributed by atoms with Crippen molar-refractivity contribution in [2.75, 3.05) is 0 Å². The van der Waals surface area contributed by atoms with Crippen molar-refractivity contribution in [3.05, 3.63) is 29.8 Å². The second-order valence-electron chi connectivity index (χ2n) is 3.44. The molecule has 1 heteroatoms. The smallest absolute Gasteiger partial charge is 0.00720 e. The van der Waals surface area contributed by atoms with Gasteiger partial charge in [0, 0.05) is 4.90 Å². The second-order valence-corrected chi connectivity index (χ2v) is 3.92. The van der Waals surface area contributed by atoms with E-state index in [4.69, 9.17) is 0 Å². The topological polar surface area (TPSA) is 0 Å². The van der Waals surface area contributed by atoms with Crippen LogP contribution in [0.5, 0.6) is 0 Å². The predicted octanol–water partition coefficient (Wildman–Crippen LogP) is 4.10. The maximum absolute atomic E-state index is 4.42. The molecule has 72 valence electrons. The largest absolute Gasteiger partial charge is 0.143 e. The Hall–Kier alpha value is -0.430. The van der Waals surface area contributed by atoms with Crippen molar-refractivity contribution >= 4 is 12.6 Å². The molecule has 0 heterocycles. The van der Waals surface area contributed by atoms with Gasteiger partial charge in [-0.2, -0.15) is 0 Å². The summed E-state index contributed by atoms with van der Waals surface area (Å²) in [7, 11) is 0. The second kappa shape index (κ2) is 6.09. The lowest BCUT2D eigenvalue weighted by atomic mass is 10.1. The van der Waals surface area contributed by atoms with Gasteiger partial charge in [-0.25, -0.2) is 0 Å². The monoisotopic (exact) mass is 194 g/mol. The van der Waals surface area contributed by atoms with E-state index >= 15 is 0 Å². The van der Waals surface area contributed by atoms with E-state index in [9.17, 15) is 0 Å². The Morgan fingerprint density at radius 2 is 1.85 bits per heavy atom. The number of unbranched alkanes of at least 4 members (excludes halogenated alkanes) is 3. The van der Waals surface area contributed by atoms with Crippen LogP contribution in [0.15, 0.2) is 29.2 Å². The fraction of sp³-hybridized carbons (Fsp3) is 0.500. The number of thiol groups is 1. The summed E-state index contributed by atoms with van der Waals surface area (Å²) in [6, 6.07) is 8.37. The third kappa shape index (κ3) is 3.86. The Morgan fingerprint density at radius 3 is 2.54 bits per heavy atom. The molecule has 0 amide bonds. The van der Waals surface area contributed by atoms with Gasteiger partial charge in [0.2, 0.25) is 0 Å². The van der Waals surface area contributed by atoms with Crippen LogP contribution in [0.1, 0.15) is 38.2 Å². The summed E-state index contributed by atoms with van der Waals surface area (Å²) in [5, 5.41) is 0. The van der Waals surface area contributed by atoms with Crippen LogP contribution in [-0.2, 0) is 6.42 Å². The summed E-state index contributed by atoms with van der Waals surface area (Å²) in [5.41, 5.74) is 1.39. The van der Waals surface area contributed by atoms with Gasteiger partial charge in [0.1, 0.15) is 0 Å². The first-order valence-electron chi connectivity index (χ1n) is 5.11. The summed E-state index contributed by atoms with van der Waals surface area (Å²) >= 11 is 4.42. The van der Waals surface area contributed by atoms with E-state index in [0.717, 1.165) is 4.90 Å². The highest BCUT2D eigenvalue weighted by molar-refractivity contribution is 7.80. The number of hydrogen-bond donors (Lipinski definition) is 1. The first kappa shape index (κ1) is 10.6. The molecule has 13 heavy (non-hydrogen) atoms. The van der Waals surface area contributed by atoms with Crippen LogP contribution < -0.4 is 0 Å². The maximum atomic E-state index is 4.42. The summed E-state index contributed by atoms with van der Waals surface area (Å²) in [4.78, 5) is 1.14. The van der Waals surface area contributed by atoms with Crippen LogP contribution in [0.2, 0.25) is 0 Å². The molecule has 0 aliphatic carbocycles. The minimum atomic E-state index is 1.14. The minimum Gasteiger partial charge on any atom is -0.143 e. The highest BCUT2D eigenvalue weighted by Crippen LogP contribution is 2.15. The maximum Gasteiger partial charge on any atom is 0.00720 e. The molecule has 0 aliphatic heterocycles. The zero-order valence-electron chi connectivity index (χ0n) is 8.29. The molecule has 0 bridgehead atoms. The molecular weight excluding hydrogens is 176 g/mol. The van der Waals surface area contributed by atoms with Gasteiger partial charge in [-0.1, -0.05) is 44.4 Å². The molecule has 0 spiro atoms. The summed E-state index contributed by atoms with van der Waals surface area (Å²) in [5.74, 6) is 0. The molecule has 0 radical (unpaired) electrons. The van der Waals surface area contributed by atoms with E-state index < -0.39 is 0 Å². The number of rotatable bonds is 5. The quantitative estimate of drug-likeness (QED) is 0.529. The molecule has 0 nitrogen and oxygen atoms in total. The Morgan fingerprint density at radius 1 is 1.08 bits per heavy atom. The van der Waals surface area contributed by atoms with E-state index in [1.807, 2.05) is 6.07 Å². The van der Waals surface area contributed by atoms with Crippen molar-refractivity contribution in [1.82, 2.24) is 0 Å². The molecule has 0 aliphatic rings. The minimum absolute atomic E-state index is 1.14. The van der Waals surface area contributed by atoms with Gasteiger partial charge in [-0.15, -0.1) is 12.6 Å². The van der Waals surface area contributed by atoms with Crippen molar-refractivity contribution in [2.24, 2.45) is 0 Å². The van der Waals surface area contributed by atoms with Crippen LogP contribution in [0.4, 0.5) is 0 Å². The van der Waals surface area contributed by atoms with E-state index in [1.54, 1.807) is 0 Å². The van der Waals surface area contributed by atoms with Crippen molar-refractivity contribution in [3.8, 4) is 0 Å². The lowest BCUT2D eigenvalue weighted by molar-refractivity contribution is 0.663. The molecular formula is C12H18S. The van der Waals surface area contributed by atoms with Gasteiger partial charge in [-0.3, -0.25) is 0 Å². The molecule has 0 N–H and O–H groups in total. The van der Waals surface area contributed by atoms with Crippen LogP contribution in [0.25, 0.3) is 0 Å². The fourth-order valence-electron chi connectivity index (χ4n) is 1.46. The standard InChI is InChI=1S/C12H18S/c1-2-3-4-5-8-11-9-6-7-10-12(11)13/h6-7,9-10,13H,2-5,8H2,1H3. The Kier molecular flexibility index (Phi) is 4.99. The number of benzene rings is 1. The van der Waals surface area contributed by atoms with Gasteiger partial charge in [-0.05, 0) is 24.5 Å². The van der Waals surface area contributed by atoms with Crippen LogP contribution in [0, 0.1) is 0 Å². The van der Waals surface area contributed by atoms with Gasteiger partial charge in [0.25, 0.3) is 0 Å². The van der Waals surface area contributed by atoms with Crippen molar-refractivity contribution < 1.29 is 0 Å². The van der Waals surface area contributed by atoms with Crippen LogP contribution in [-0.4, -0.2) is 0 Å². The third-order valence-corrected chi connectivity index (χ3v) is 2.73. The van der Waals surface area contributed by atoms with Crippen LogP contribution in [0.3, 0.4) is 0 Å². The molecule has 1 rings (SSSR count). The van der Waals surface area contributed by atoms with Crippen molar-refractivity contribution in [2.45, 2.75) is 43.9 Å². The lowest BCUT2D eigenvalue weighted by Crippen LogP contribution is -1.87. The molecule has 1 aromatic rings. The van der Waals surface area contributed by atoms with E-state index in [2.05, 4.69) is 37.8 Å². The first-order chi connectivity index (χ1) is 6.34. The average molecular weight is 194 g/mol. The summed E-state index contributed by atoms with van der Waals surface area (Å²) < 4.78 is 0. The summed E-state index contributed by atoms with van der Waals surface area (Å²) in [6.07, 6.45) is 6.49. The molecule has 0 saturated carbocycles. The van der Waals surface area contributed by atoms with Gasteiger partial charge < -0.3 is 0 Å². The molecule has 0 unspecified atom stereocenters. The van der Waals surface area contributed by atoms with Crippen molar-refractivity contribution in [3.63, 3.8) is 0 Å². The molecule has 0 saturated heterocycles. The number of hydrogen-bond acceptors (Lipinski definition) is 1. The molecule has 0 fully saturated rings. The Labute approximate surface area is 86.8 Å². The SMILES string of the molecule is CCCCCCc1ccccc1S. The van der Waals surface area contributed by atoms with Gasteiger partial charge >= 0.3 is 0 Å². The normalized spacial score (nSPS) is 10.3. The third-order valence-electron chi connectivity index (χ3n) is 2.29. The lowest BCUT2D eigenvalue weighted by Gasteiger charge is -2.03. The zero-order chi connectivity index (χ0) is 9.52. The van der Waals surface area contributed by atoms with E-state index in [1.165, 1.54) is 37.7 Å². The van der Waals surface area contributed by atoms with E-state index in [-0.39, 0.29) is 0 Å². The average Bonchev–Trinajstić information content (AvgIpc) is 2.15. The van der Waals surface area contributed by atoms with Gasteiger partial charge in [0.15, 0.2) is 0 Å². The van der Waals surface area contributed by atoms with Gasteiger partial charge in [0.05, 0.1) is 0 Å². The molecule has 1 aromatic carbocycles.